The van der Waals surface area contributed by atoms with Crippen molar-refractivity contribution in [2.24, 2.45) is 5.92 Å². The number of amides is 1. The van der Waals surface area contributed by atoms with E-state index in [1.54, 1.807) is 0 Å². The number of quaternary nitrogens is 1. The van der Waals surface area contributed by atoms with Crippen LogP contribution in [0.3, 0.4) is 0 Å². The number of rotatable bonds is 7. The van der Waals surface area contributed by atoms with E-state index in [1.807, 2.05) is 13.0 Å². The van der Waals surface area contributed by atoms with Crippen LogP contribution >= 0.6 is 0 Å². The second kappa shape index (κ2) is 9.52. The number of nitro groups is 1. The third-order valence-corrected chi connectivity index (χ3v) is 5.77. The molecule has 2 aromatic carbocycles. The van der Waals surface area contributed by atoms with Crippen molar-refractivity contribution in [2.45, 2.75) is 32.2 Å². The van der Waals surface area contributed by atoms with Crippen LogP contribution in [0, 0.1) is 16.0 Å². The molecular formula is C22H28N3O4+. The monoisotopic (exact) mass is 398 g/mol. The number of benzene rings is 2. The lowest BCUT2D eigenvalue weighted by Crippen LogP contribution is -3.17. The molecule has 1 fully saturated rings. The largest absolute Gasteiger partial charge is 0.494 e. The number of hydrogen-bond acceptors (Lipinski definition) is 4. The van der Waals surface area contributed by atoms with Gasteiger partial charge >= 0.3 is 0 Å². The molecule has 0 saturated carbocycles. The van der Waals surface area contributed by atoms with Gasteiger partial charge in [-0.15, -0.1) is 0 Å². The Morgan fingerprint density at radius 3 is 2.55 bits per heavy atom. The Morgan fingerprint density at radius 2 is 1.93 bits per heavy atom. The zero-order valence-corrected chi connectivity index (χ0v) is 16.9. The molecule has 3 rings (SSSR count). The van der Waals surface area contributed by atoms with E-state index in [2.05, 4.69) is 29.6 Å². The number of methoxy groups -OCH3 is 1. The van der Waals surface area contributed by atoms with E-state index in [-0.39, 0.29) is 23.4 Å². The number of carbonyl (C=O) groups is 1. The van der Waals surface area contributed by atoms with Crippen LogP contribution in [0.15, 0.2) is 48.5 Å². The summed E-state index contributed by atoms with van der Waals surface area (Å²) in [6.45, 7) is 3.85. The van der Waals surface area contributed by atoms with E-state index in [9.17, 15) is 14.9 Å². The van der Waals surface area contributed by atoms with E-state index < -0.39 is 4.92 Å². The Hall–Kier alpha value is -2.93. The molecule has 1 saturated heterocycles. The maximum atomic E-state index is 12.7. The number of anilines is 1. The summed E-state index contributed by atoms with van der Waals surface area (Å²) in [7, 11) is 1.43. The van der Waals surface area contributed by atoms with E-state index >= 15 is 0 Å². The summed E-state index contributed by atoms with van der Waals surface area (Å²) in [5.41, 5.74) is 1.75. The van der Waals surface area contributed by atoms with Gasteiger partial charge in [0.1, 0.15) is 5.75 Å². The summed E-state index contributed by atoms with van der Waals surface area (Å²) in [6.07, 6.45) is 3.29. The molecule has 1 aliphatic heterocycles. The van der Waals surface area contributed by atoms with Crippen LogP contribution < -0.4 is 15.0 Å². The van der Waals surface area contributed by atoms with Gasteiger partial charge in [-0.1, -0.05) is 30.3 Å². The van der Waals surface area contributed by atoms with Crippen LogP contribution in [-0.4, -0.2) is 37.1 Å². The Morgan fingerprint density at radius 1 is 1.24 bits per heavy atom. The number of piperidine rings is 1. The van der Waals surface area contributed by atoms with Crippen molar-refractivity contribution >= 4 is 17.3 Å². The molecule has 0 aliphatic carbocycles. The van der Waals surface area contributed by atoms with Gasteiger partial charge in [-0.3, -0.25) is 14.9 Å². The van der Waals surface area contributed by atoms with Crippen molar-refractivity contribution < 1.29 is 19.4 Å². The predicted octanol–water partition coefficient (Wildman–Crippen LogP) is 2.47. The summed E-state index contributed by atoms with van der Waals surface area (Å²) >= 11 is 0. The second-order valence-electron chi connectivity index (χ2n) is 7.64. The molecule has 7 heteroatoms. The third kappa shape index (κ3) is 5.32. The second-order valence-corrected chi connectivity index (χ2v) is 7.64. The molecular weight excluding hydrogens is 370 g/mol. The summed E-state index contributed by atoms with van der Waals surface area (Å²) < 4.78 is 5.21. The van der Waals surface area contributed by atoms with Gasteiger partial charge in [-0.05, 0) is 43.7 Å². The van der Waals surface area contributed by atoms with E-state index in [4.69, 9.17) is 4.74 Å². The van der Waals surface area contributed by atoms with Gasteiger partial charge in [0.25, 0.3) is 11.6 Å². The van der Waals surface area contributed by atoms with Gasteiger partial charge in [-0.2, -0.15) is 0 Å². The molecule has 0 unspecified atom stereocenters. The molecule has 2 N–H and O–H groups in total. The van der Waals surface area contributed by atoms with Crippen LogP contribution in [0.25, 0.3) is 0 Å². The summed E-state index contributed by atoms with van der Waals surface area (Å²) in [5.74, 6) is 0.844. The van der Waals surface area contributed by atoms with Crippen molar-refractivity contribution in [1.29, 1.82) is 0 Å². The predicted molar refractivity (Wildman–Crippen MR) is 111 cm³/mol. The van der Waals surface area contributed by atoms with Crippen molar-refractivity contribution in [1.82, 2.24) is 0 Å². The molecule has 1 heterocycles. The molecule has 2 aromatic rings. The molecule has 0 radical (unpaired) electrons. The normalized spacial score (nSPS) is 19.9. The fourth-order valence-corrected chi connectivity index (χ4v) is 3.96. The maximum Gasteiger partial charge on any atom is 0.282 e. The minimum Gasteiger partial charge on any atom is -0.494 e. The van der Waals surface area contributed by atoms with Gasteiger partial charge in [0, 0.05) is 6.07 Å². The molecule has 1 aliphatic rings. The van der Waals surface area contributed by atoms with Crippen molar-refractivity contribution in [3.63, 3.8) is 0 Å². The molecule has 1 amide bonds. The number of non-ortho nitro benzene ring substituents is 1. The van der Waals surface area contributed by atoms with Crippen LogP contribution in [0.2, 0.25) is 0 Å². The SMILES string of the molecule is COc1cc([N+](=O)[O-])ccc1NC(=O)[C@H](C)[NH+]1CCC(Cc2ccccc2)CC1. The fraction of sp³-hybridized carbons (Fsp3) is 0.409. The standard InChI is InChI=1S/C22H27N3O4/c1-16(22(26)23-20-9-8-19(25(27)28)15-21(20)29-2)24-12-10-18(11-13-24)14-17-6-4-3-5-7-17/h3-9,15-16,18H,10-14H2,1-2H3,(H,23,26)/p+1/t16-/m0/s1. The number of nitro benzene ring substituents is 1. The molecule has 7 nitrogen and oxygen atoms in total. The van der Waals surface area contributed by atoms with E-state index in [0.29, 0.717) is 11.6 Å². The lowest BCUT2D eigenvalue weighted by molar-refractivity contribution is -0.919. The third-order valence-electron chi connectivity index (χ3n) is 5.77. The summed E-state index contributed by atoms with van der Waals surface area (Å²) in [4.78, 5) is 24.5. The van der Waals surface area contributed by atoms with Crippen LogP contribution in [0.5, 0.6) is 5.75 Å². The highest BCUT2D eigenvalue weighted by atomic mass is 16.6. The quantitative estimate of drug-likeness (QED) is 0.554. The lowest BCUT2D eigenvalue weighted by Gasteiger charge is -2.32. The first-order chi connectivity index (χ1) is 14.0. The highest BCUT2D eigenvalue weighted by Gasteiger charge is 2.30. The minimum atomic E-state index is -0.486. The molecule has 0 spiro atoms. The van der Waals surface area contributed by atoms with Gasteiger partial charge in [0.15, 0.2) is 6.04 Å². The number of nitrogens with one attached hydrogen (secondary N) is 2. The van der Waals surface area contributed by atoms with E-state index in [0.717, 1.165) is 32.4 Å². The Balaban J connectivity index is 1.55. The van der Waals surface area contributed by atoms with Gasteiger partial charge in [0.05, 0.1) is 36.9 Å². The first-order valence-electron chi connectivity index (χ1n) is 9.99. The smallest absolute Gasteiger partial charge is 0.282 e. The average molecular weight is 398 g/mol. The van der Waals surface area contributed by atoms with Crippen molar-refractivity contribution in [3.05, 3.63) is 64.2 Å². The van der Waals surface area contributed by atoms with Gasteiger partial charge in [0.2, 0.25) is 0 Å². The summed E-state index contributed by atoms with van der Waals surface area (Å²) in [6, 6.07) is 14.5. The highest BCUT2D eigenvalue weighted by molar-refractivity contribution is 5.95. The molecule has 0 bridgehead atoms. The zero-order chi connectivity index (χ0) is 20.8. The molecule has 154 valence electrons. The van der Waals surface area contributed by atoms with Crippen molar-refractivity contribution in [2.75, 3.05) is 25.5 Å². The number of nitrogens with zero attached hydrogens (tertiary/aromatic N) is 1. The number of likely N-dealkylation sites (tertiary alicyclic amines) is 1. The van der Waals surface area contributed by atoms with E-state index in [1.165, 1.54) is 35.8 Å². The van der Waals surface area contributed by atoms with Crippen molar-refractivity contribution in [3.8, 4) is 5.75 Å². The zero-order valence-electron chi connectivity index (χ0n) is 16.9. The molecule has 0 aromatic heterocycles. The first-order valence-corrected chi connectivity index (χ1v) is 9.99. The van der Waals surface area contributed by atoms with Crippen LogP contribution in [-0.2, 0) is 11.2 Å². The maximum absolute atomic E-state index is 12.7. The topological polar surface area (TPSA) is 85.9 Å². The average Bonchev–Trinajstić information content (AvgIpc) is 2.74. The first kappa shape index (κ1) is 20.8. The highest BCUT2D eigenvalue weighted by Crippen LogP contribution is 2.29. The van der Waals surface area contributed by atoms with Crippen LogP contribution in [0.1, 0.15) is 25.3 Å². The number of ether oxygens (including phenoxy) is 1. The Kier molecular flexibility index (Phi) is 6.82. The Labute approximate surface area is 170 Å². The molecule has 1 atom stereocenters. The minimum absolute atomic E-state index is 0.0704. The fourth-order valence-electron chi connectivity index (χ4n) is 3.96. The van der Waals surface area contributed by atoms with Gasteiger partial charge in [-0.25, -0.2) is 0 Å². The number of carbonyl (C=O) groups excluding carboxylic acids is 1. The summed E-state index contributed by atoms with van der Waals surface area (Å²) in [5, 5.41) is 13.8. The Bertz CT molecular complexity index is 848. The number of hydrogen-bond donors (Lipinski definition) is 2. The van der Waals surface area contributed by atoms with Gasteiger partial charge < -0.3 is 15.0 Å². The van der Waals surface area contributed by atoms with Crippen LogP contribution in [0.4, 0.5) is 11.4 Å². The lowest BCUT2D eigenvalue weighted by atomic mass is 9.89. The molecule has 29 heavy (non-hydrogen) atoms.